The number of benzene rings is 3. The number of hydrogen-bond donors (Lipinski definition) is 1. The van der Waals surface area contributed by atoms with Crippen molar-refractivity contribution >= 4 is 40.5 Å². The van der Waals surface area contributed by atoms with E-state index in [4.69, 9.17) is 9.73 Å². The molecule has 34 heavy (non-hydrogen) atoms. The zero-order valence-electron chi connectivity index (χ0n) is 17.6. The second-order valence-electron chi connectivity index (χ2n) is 7.27. The molecule has 4 aromatic rings. The lowest BCUT2D eigenvalue weighted by molar-refractivity contribution is -0.385. The fourth-order valence-electron chi connectivity index (χ4n) is 3.43. The molecule has 10 heteroatoms. The highest BCUT2D eigenvalue weighted by Gasteiger charge is 2.18. The van der Waals surface area contributed by atoms with Crippen molar-refractivity contribution in [2.75, 3.05) is 11.9 Å². The van der Waals surface area contributed by atoms with Crippen LogP contribution in [0.3, 0.4) is 0 Å². The molecule has 0 radical (unpaired) electrons. The number of hydrogen-bond acceptors (Lipinski definition) is 7. The van der Waals surface area contributed by atoms with Crippen LogP contribution in [0.2, 0.25) is 0 Å². The van der Waals surface area contributed by atoms with Gasteiger partial charge in [0.1, 0.15) is 5.75 Å². The summed E-state index contributed by atoms with van der Waals surface area (Å²) in [5.41, 5.74) is 3.12. The minimum Gasteiger partial charge on any atom is -0.482 e. The lowest BCUT2D eigenvalue weighted by atomic mass is 10.1. The Morgan fingerprint density at radius 2 is 1.88 bits per heavy atom. The maximum atomic E-state index is 11.8. The third kappa shape index (κ3) is 4.34. The number of aromatic nitrogens is 1. The number of rotatable bonds is 5. The van der Waals surface area contributed by atoms with E-state index >= 15 is 0 Å². The number of amides is 1. The number of ether oxygens (including phenoxy) is 1. The Labute approximate surface area is 197 Å². The Balaban J connectivity index is 1.64. The number of para-hydroxylation sites is 2. The van der Waals surface area contributed by atoms with E-state index in [-0.39, 0.29) is 18.2 Å². The van der Waals surface area contributed by atoms with Crippen molar-refractivity contribution in [3.8, 4) is 17.0 Å². The molecule has 1 N–H and O–H groups in total. The number of carbonyl (C=O) groups is 1. The van der Waals surface area contributed by atoms with Gasteiger partial charge < -0.3 is 10.1 Å². The molecule has 0 spiro atoms. The van der Waals surface area contributed by atoms with Gasteiger partial charge in [0.05, 0.1) is 33.8 Å². The zero-order chi connectivity index (χ0) is 23.5. The first kappa shape index (κ1) is 21.3. The van der Waals surface area contributed by atoms with Crippen molar-refractivity contribution in [2.24, 2.45) is 10.1 Å². The predicted octanol–water partition coefficient (Wildman–Crippen LogP) is 4.57. The first-order valence-electron chi connectivity index (χ1n) is 10.2. The monoisotopic (exact) mass is 471 g/mol. The van der Waals surface area contributed by atoms with Gasteiger partial charge in [-0.15, -0.1) is 11.3 Å². The summed E-state index contributed by atoms with van der Waals surface area (Å²) < 4.78 is 7.08. The van der Waals surface area contributed by atoms with Crippen LogP contribution in [0.1, 0.15) is 5.56 Å². The molecule has 1 amide bonds. The normalized spacial score (nSPS) is 13.4. The van der Waals surface area contributed by atoms with Gasteiger partial charge in [-0.2, -0.15) is 5.10 Å². The topological polar surface area (TPSA) is 111 Å². The van der Waals surface area contributed by atoms with E-state index < -0.39 is 4.92 Å². The molecule has 168 valence electrons. The molecular formula is C24H17N5O4S. The summed E-state index contributed by atoms with van der Waals surface area (Å²) in [6.07, 6.45) is 1.45. The zero-order valence-corrected chi connectivity index (χ0v) is 18.4. The van der Waals surface area contributed by atoms with Gasteiger partial charge in [0.2, 0.25) is 4.80 Å². The molecule has 9 nitrogen and oxygen atoms in total. The van der Waals surface area contributed by atoms with Crippen LogP contribution in [-0.2, 0) is 4.79 Å². The standard InChI is InChI=1S/C24H17N5O4S/c30-23-14-33-22-11-10-16(12-19(22)27-23)21-15-34-24(26-18-7-2-1-3-8-18)28(21)25-13-17-6-4-5-9-20(17)29(31)32/h1-13,15H,14H2,(H,27,30). The highest BCUT2D eigenvalue weighted by atomic mass is 32.1. The van der Waals surface area contributed by atoms with E-state index in [1.807, 2.05) is 41.8 Å². The number of thiazole rings is 1. The summed E-state index contributed by atoms with van der Waals surface area (Å²) in [6, 6.07) is 21.3. The van der Waals surface area contributed by atoms with E-state index in [2.05, 4.69) is 10.4 Å². The van der Waals surface area contributed by atoms with Crippen LogP contribution in [0.15, 0.2) is 88.3 Å². The molecule has 0 unspecified atom stereocenters. The van der Waals surface area contributed by atoms with Crippen molar-refractivity contribution in [1.29, 1.82) is 0 Å². The molecule has 1 aliphatic rings. The van der Waals surface area contributed by atoms with Crippen LogP contribution in [0.4, 0.5) is 17.1 Å². The van der Waals surface area contributed by atoms with Gasteiger partial charge in [0.25, 0.3) is 11.6 Å². The lowest BCUT2D eigenvalue weighted by Crippen LogP contribution is -2.25. The summed E-state index contributed by atoms with van der Waals surface area (Å²) in [7, 11) is 0. The summed E-state index contributed by atoms with van der Waals surface area (Å²) in [5.74, 6) is 0.361. The summed E-state index contributed by atoms with van der Waals surface area (Å²) in [6.45, 7) is -0.0228. The first-order chi connectivity index (χ1) is 16.6. The molecule has 5 rings (SSSR count). The molecule has 3 aromatic carbocycles. The SMILES string of the molecule is O=C1COc2ccc(-c3csc(=Nc4ccccc4)n3N=Cc3ccccc3[N+](=O)[O-])cc2N1. The molecule has 2 heterocycles. The lowest BCUT2D eigenvalue weighted by Gasteiger charge is -2.18. The Morgan fingerprint density at radius 1 is 1.09 bits per heavy atom. The summed E-state index contributed by atoms with van der Waals surface area (Å²) in [4.78, 5) is 28.0. The first-order valence-corrected chi connectivity index (χ1v) is 11.1. The highest BCUT2D eigenvalue weighted by molar-refractivity contribution is 7.07. The third-order valence-corrected chi connectivity index (χ3v) is 5.84. The Hall–Kier alpha value is -4.57. The third-order valence-electron chi connectivity index (χ3n) is 5.02. The molecular weight excluding hydrogens is 454 g/mol. The van der Waals surface area contributed by atoms with Crippen LogP contribution in [-0.4, -0.2) is 28.3 Å². The minimum absolute atomic E-state index is 0.0228. The van der Waals surface area contributed by atoms with Crippen LogP contribution in [0, 0.1) is 10.1 Å². The van der Waals surface area contributed by atoms with E-state index in [1.165, 1.54) is 23.6 Å². The average molecular weight is 471 g/mol. The van der Waals surface area contributed by atoms with Gasteiger partial charge in [0, 0.05) is 17.0 Å². The molecule has 1 aromatic heterocycles. The van der Waals surface area contributed by atoms with Gasteiger partial charge in [-0.25, -0.2) is 9.67 Å². The van der Waals surface area contributed by atoms with E-state index in [0.29, 0.717) is 27.5 Å². The Morgan fingerprint density at radius 3 is 2.71 bits per heavy atom. The highest BCUT2D eigenvalue weighted by Crippen LogP contribution is 2.33. The molecule has 1 aliphatic heterocycles. The van der Waals surface area contributed by atoms with Crippen LogP contribution >= 0.6 is 11.3 Å². The molecule has 0 atom stereocenters. The number of fused-ring (bicyclic) bond motifs is 1. The number of anilines is 1. The number of carbonyl (C=O) groups excluding carboxylic acids is 1. The van der Waals surface area contributed by atoms with Crippen molar-refractivity contribution in [3.05, 3.63) is 98.7 Å². The number of nitrogens with zero attached hydrogens (tertiary/aromatic N) is 4. The van der Waals surface area contributed by atoms with Gasteiger partial charge >= 0.3 is 0 Å². The Kier molecular flexibility index (Phi) is 5.71. The van der Waals surface area contributed by atoms with Crippen LogP contribution in [0.5, 0.6) is 5.75 Å². The quantitative estimate of drug-likeness (QED) is 0.261. The van der Waals surface area contributed by atoms with Crippen LogP contribution in [0.25, 0.3) is 11.3 Å². The number of nitro benzene ring substituents is 1. The van der Waals surface area contributed by atoms with Gasteiger partial charge in [-0.3, -0.25) is 14.9 Å². The maximum Gasteiger partial charge on any atom is 0.278 e. The van der Waals surface area contributed by atoms with Crippen LogP contribution < -0.4 is 14.9 Å². The fraction of sp³-hybridized carbons (Fsp3) is 0.0417. The molecule has 0 saturated carbocycles. The fourth-order valence-corrected chi connectivity index (χ4v) is 4.28. The van der Waals surface area contributed by atoms with Crippen molar-refractivity contribution in [3.63, 3.8) is 0 Å². The minimum atomic E-state index is -0.442. The summed E-state index contributed by atoms with van der Waals surface area (Å²) in [5, 5.41) is 20.7. The van der Waals surface area contributed by atoms with E-state index in [9.17, 15) is 14.9 Å². The van der Waals surface area contributed by atoms with Gasteiger partial charge in [-0.1, -0.05) is 30.3 Å². The predicted molar refractivity (Wildman–Crippen MR) is 130 cm³/mol. The summed E-state index contributed by atoms with van der Waals surface area (Å²) >= 11 is 1.38. The van der Waals surface area contributed by atoms with Crippen molar-refractivity contribution in [1.82, 2.24) is 4.68 Å². The van der Waals surface area contributed by atoms with Gasteiger partial charge in [0.15, 0.2) is 6.61 Å². The largest absolute Gasteiger partial charge is 0.482 e. The van der Waals surface area contributed by atoms with Crippen molar-refractivity contribution < 1.29 is 14.5 Å². The van der Waals surface area contributed by atoms with Crippen molar-refractivity contribution in [2.45, 2.75) is 0 Å². The molecule has 0 saturated heterocycles. The maximum absolute atomic E-state index is 11.8. The average Bonchev–Trinajstić information content (AvgIpc) is 3.25. The Bertz CT molecular complexity index is 1490. The second kappa shape index (κ2) is 9.12. The molecule has 0 fully saturated rings. The van der Waals surface area contributed by atoms with E-state index in [1.54, 1.807) is 35.0 Å². The number of nitrogens with one attached hydrogen (secondary N) is 1. The molecule has 0 aliphatic carbocycles. The van der Waals surface area contributed by atoms with Gasteiger partial charge in [-0.05, 0) is 36.4 Å². The molecule has 0 bridgehead atoms. The second-order valence-corrected chi connectivity index (χ2v) is 8.11. The number of nitro groups is 1. The smallest absolute Gasteiger partial charge is 0.278 e. The van der Waals surface area contributed by atoms with E-state index in [0.717, 1.165) is 11.3 Å².